The van der Waals surface area contributed by atoms with Crippen molar-refractivity contribution in [1.29, 1.82) is 0 Å². The number of carbonyl (C=O) groups excluding carboxylic acids is 1. The zero-order valence-electron chi connectivity index (χ0n) is 9.52. The first-order valence-corrected chi connectivity index (χ1v) is 5.48. The van der Waals surface area contributed by atoms with E-state index in [1.165, 1.54) is 6.92 Å². The molecule has 0 spiro atoms. The maximum Gasteiger partial charge on any atom is 0.244 e. The van der Waals surface area contributed by atoms with Crippen molar-refractivity contribution in [2.75, 3.05) is 5.32 Å². The lowest BCUT2D eigenvalue weighted by molar-refractivity contribution is -0.123. The first-order valence-electron chi connectivity index (χ1n) is 5.48. The molecule has 3 N–H and O–H groups in total. The first-order chi connectivity index (χ1) is 7.92. The number of benzene rings is 1. The van der Waals surface area contributed by atoms with Gasteiger partial charge in [-0.25, -0.2) is 8.78 Å². The quantitative estimate of drug-likeness (QED) is 0.831. The Hall–Kier alpha value is -1.49. The van der Waals surface area contributed by atoms with Crippen LogP contribution in [0.1, 0.15) is 24.8 Å². The Bertz CT molecular complexity index is 470. The van der Waals surface area contributed by atoms with Gasteiger partial charge in [-0.15, -0.1) is 0 Å². The van der Waals surface area contributed by atoms with E-state index in [1.807, 2.05) is 0 Å². The third kappa shape index (κ3) is 2.15. The minimum atomic E-state index is -0.923. The zero-order chi connectivity index (χ0) is 12.6. The molecule has 92 valence electrons. The molecule has 0 bridgehead atoms. The summed E-state index contributed by atoms with van der Waals surface area (Å²) >= 11 is 0. The molecule has 3 nitrogen and oxygen atoms in total. The van der Waals surface area contributed by atoms with Crippen LogP contribution >= 0.6 is 0 Å². The molecule has 1 aliphatic carbocycles. The summed E-state index contributed by atoms with van der Waals surface area (Å²) in [5.41, 5.74) is 4.90. The molecule has 0 atom stereocenters. The Labute approximate surface area is 98.0 Å². The predicted octanol–water partition coefficient (Wildman–Crippen LogP) is 2.09. The minimum absolute atomic E-state index is 0.158. The maximum absolute atomic E-state index is 13.5. The van der Waals surface area contributed by atoms with Gasteiger partial charge in [0.2, 0.25) is 5.91 Å². The SMILES string of the molecule is Cc1cc(F)c(NC(=O)C2(N)CCC2)cc1F. The van der Waals surface area contributed by atoms with E-state index in [0.717, 1.165) is 18.6 Å². The third-order valence-corrected chi connectivity index (χ3v) is 3.19. The van der Waals surface area contributed by atoms with Gasteiger partial charge in [0.15, 0.2) is 0 Å². The normalized spacial score (nSPS) is 17.4. The number of nitrogens with one attached hydrogen (secondary N) is 1. The number of amides is 1. The highest BCUT2D eigenvalue weighted by Crippen LogP contribution is 2.30. The Morgan fingerprint density at radius 3 is 2.53 bits per heavy atom. The molecule has 2 rings (SSSR count). The lowest BCUT2D eigenvalue weighted by Gasteiger charge is -2.36. The maximum atomic E-state index is 13.5. The topological polar surface area (TPSA) is 55.1 Å². The van der Waals surface area contributed by atoms with E-state index in [9.17, 15) is 13.6 Å². The highest BCUT2D eigenvalue weighted by Gasteiger charge is 2.40. The van der Waals surface area contributed by atoms with Crippen molar-refractivity contribution in [2.45, 2.75) is 31.7 Å². The van der Waals surface area contributed by atoms with Crippen LogP contribution in [0.5, 0.6) is 0 Å². The van der Waals surface area contributed by atoms with E-state index in [2.05, 4.69) is 5.32 Å². The van der Waals surface area contributed by atoms with Crippen LogP contribution in [-0.4, -0.2) is 11.4 Å². The highest BCUT2D eigenvalue weighted by molar-refractivity contribution is 5.98. The smallest absolute Gasteiger partial charge is 0.244 e. The zero-order valence-corrected chi connectivity index (χ0v) is 9.52. The summed E-state index contributed by atoms with van der Waals surface area (Å²) in [7, 11) is 0. The van der Waals surface area contributed by atoms with Crippen molar-refractivity contribution in [3.63, 3.8) is 0 Å². The molecular weight excluding hydrogens is 226 g/mol. The summed E-state index contributed by atoms with van der Waals surface area (Å²) < 4.78 is 26.7. The number of anilines is 1. The molecule has 0 saturated heterocycles. The van der Waals surface area contributed by atoms with E-state index in [1.54, 1.807) is 0 Å². The molecule has 1 aliphatic rings. The van der Waals surface area contributed by atoms with Gasteiger partial charge in [0.25, 0.3) is 0 Å². The number of carbonyl (C=O) groups is 1. The van der Waals surface area contributed by atoms with Crippen LogP contribution in [-0.2, 0) is 4.79 Å². The number of rotatable bonds is 2. The molecule has 0 heterocycles. The number of aryl methyl sites for hydroxylation is 1. The fraction of sp³-hybridized carbons (Fsp3) is 0.417. The van der Waals surface area contributed by atoms with Crippen molar-refractivity contribution in [2.24, 2.45) is 5.73 Å². The van der Waals surface area contributed by atoms with Gasteiger partial charge in [0, 0.05) is 6.07 Å². The number of hydrogen-bond acceptors (Lipinski definition) is 2. The Balaban J connectivity index is 2.19. The van der Waals surface area contributed by atoms with E-state index in [0.29, 0.717) is 12.8 Å². The average Bonchev–Trinajstić information content (AvgIpc) is 2.22. The van der Waals surface area contributed by atoms with Gasteiger partial charge in [-0.2, -0.15) is 0 Å². The van der Waals surface area contributed by atoms with Gasteiger partial charge in [-0.3, -0.25) is 4.79 Å². The molecule has 0 aliphatic heterocycles. The number of hydrogen-bond donors (Lipinski definition) is 2. The fourth-order valence-corrected chi connectivity index (χ4v) is 1.77. The van der Waals surface area contributed by atoms with Gasteiger partial charge in [-0.1, -0.05) is 0 Å². The van der Waals surface area contributed by atoms with Gasteiger partial charge in [0.05, 0.1) is 11.2 Å². The molecular formula is C12H14F2N2O. The van der Waals surface area contributed by atoms with E-state index >= 15 is 0 Å². The third-order valence-electron chi connectivity index (χ3n) is 3.19. The van der Waals surface area contributed by atoms with Crippen molar-refractivity contribution in [3.8, 4) is 0 Å². The summed E-state index contributed by atoms with van der Waals surface area (Å²) in [6.07, 6.45) is 2.04. The van der Waals surface area contributed by atoms with Crippen LogP contribution in [0.3, 0.4) is 0 Å². The van der Waals surface area contributed by atoms with Crippen LogP contribution in [0, 0.1) is 18.6 Å². The highest BCUT2D eigenvalue weighted by atomic mass is 19.1. The van der Waals surface area contributed by atoms with Gasteiger partial charge >= 0.3 is 0 Å². The molecule has 0 radical (unpaired) electrons. The Morgan fingerprint density at radius 2 is 2.00 bits per heavy atom. The molecule has 1 amide bonds. The van der Waals surface area contributed by atoms with Crippen molar-refractivity contribution in [1.82, 2.24) is 0 Å². The molecule has 1 saturated carbocycles. The number of nitrogens with two attached hydrogens (primary N) is 1. The fourth-order valence-electron chi connectivity index (χ4n) is 1.77. The molecule has 0 aromatic heterocycles. The van der Waals surface area contributed by atoms with Crippen LogP contribution in [0.15, 0.2) is 12.1 Å². The number of halogens is 2. The lowest BCUT2D eigenvalue weighted by atomic mass is 9.77. The van der Waals surface area contributed by atoms with Gasteiger partial charge in [-0.05, 0) is 37.8 Å². The molecule has 17 heavy (non-hydrogen) atoms. The van der Waals surface area contributed by atoms with E-state index < -0.39 is 23.1 Å². The van der Waals surface area contributed by atoms with Crippen LogP contribution in [0.2, 0.25) is 0 Å². The van der Waals surface area contributed by atoms with Crippen molar-refractivity contribution >= 4 is 11.6 Å². The molecule has 1 aromatic rings. The first kappa shape index (κ1) is 12.0. The summed E-state index contributed by atoms with van der Waals surface area (Å²) in [6, 6.07) is 2.03. The second-order valence-corrected chi connectivity index (χ2v) is 4.55. The van der Waals surface area contributed by atoms with E-state index in [-0.39, 0.29) is 11.3 Å². The van der Waals surface area contributed by atoms with Crippen molar-refractivity contribution < 1.29 is 13.6 Å². The molecule has 0 unspecified atom stereocenters. The monoisotopic (exact) mass is 240 g/mol. The van der Waals surface area contributed by atoms with E-state index in [4.69, 9.17) is 5.73 Å². The summed E-state index contributed by atoms with van der Waals surface area (Å²) in [5.74, 6) is -1.66. The summed E-state index contributed by atoms with van der Waals surface area (Å²) in [4.78, 5) is 11.7. The second kappa shape index (κ2) is 4.07. The minimum Gasteiger partial charge on any atom is -0.322 e. The summed E-state index contributed by atoms with van der Waals surface area (Å²) in [5, 5.41) is 2.34. The van der Waals surface area contributed by atoms with Gasteiger partial charge in [0.1, 0.15) is 11.6 Å². The van der Waals surface area contributed by atoms with Crippen LogP contribution in [0.25, 0.3) is 0 Å². The molecule has 1 fully saturated rings. The standard InChI is InChI=1S/C12H14F2N2O/c1-7-5-9(14)10(6-8(7)13)16-11(17)12(15)3-2-4-12/h5-6H,2-4,15H2,1H3,(H,16,17). The van der Waals surface area contributed by atoms with Crippen LogP contribution in [0.4, 0.5) is 14.5 Å². The predicted molar refractivity (Wildman–Crippen MR) is 60.5 cm³/mol. The van der Waals surface area contributed by atoms with Crippen molar-refractivity contribution in [3.05, 3.63) is 29.3 Å². The largest absolute Gasteiger partial charge is 0.322 e. The summed E-state index contributed by atoms with van der Waals surface area (Å²) in [6.45, 7) is 1.46. The van der Waals surface area contributed by atoms with Crippen LogP contribution < -0.4 is 11.1 Å². The molecule has 1 aromatic carbocycles. The lowest BCUT2D eigenvalue weighted by Crippen LogP contribution is -2.56. The molecule has 5 heteroatoms. The second-order valence-electron chi connectivity index (χ2n) is 4.55. The Kier molecular flexibility index (Phi) is 2.87. The average molecular weight is 240 g/mol. The van der Waals surface area contributed by atoms with Gasteiger partial charge < -0.3 is 11.1 Å². The Morgan fingerprint density at radius 1 is 1.35 bits per heavy atom.